The zero-order chi connectivity index (χ0) is 16.1. The molecule has 0 atom stereocenters. The van der Waals surface area contributed by atoms with Crippen molar-refractivity contribution in [2.75, 3.05) is 13.1 Å². The van der Waals surface area contributed by atoms with Crippen LogP contribution in [0.3, 0.4) is 0 Å². The molecule has 2 heterocycles. The molecule has 0 radical (unpaired) electrons. The van der Waals surface area contributed by atoms with E-state index in [0.29, 0.717) is 24.3 Å². The maximum Gasteiger partial charge on any atom is 0.240 e. The van der Waals surface area contributed by atoms with E-state index in [9.17, 15) is 4.79 Å². The van der Waals surface area contributed by atoms with E-state index in [-0.39, 0.29) is 18.4 Å². The van der Waals surface area contributed by atoms with Crippen molar-refractivity contribution in [3.63, 3.8) is 0 Å². The highest BCUT2D eigenvalue weighted by Gasteiger charge is 2.26. The molecule has 2 fully saturated rings. The molecule has 0 unspecified atom stereocenters. The van der Waals surface area contributed by atoms with Crippen LogP contribution in [0.15, 0.2) is 4.52 Å². The minimum Gasteiger partial charge on any atom is -0.353 e. The Labute approximate surface area is 137 Å². The van der Waals surface area contributed by atoms with E-state index in [2.05, 4.69) is 20.4 Å². The maximum absolute atomic E-state index is 12.3. The normalized spacial score (nSPS) is 21.4. The number of piperidine rings is 1. The summed E-state index contributed by atoms with van der Waals surface area (Å²) in [5.74, 6) is 1.69. The zero-order valence-electron chi connectivity index (χ0n) is 13.7. The van der Waals surface area contributed by atoms with Crippen LogP contribution in [0.5, 0.6) is 0 Å². The first-order valence-corrected chi connectivity index (χ1v) is 8.79. The molecule has 7 heteroatoms. The monoisotopic (exact) mass is 321 g/mol. The lowest BCUT2D eigenvalue weighted by Gasteiger charge is -2.32. The fourth-order valence-corrected chi connectivity index (χ4v) is 3.56. The van der Waals surface area contributed by atoms with Crippen molar-refractivity contribution in [2.24, 2.45) is 11.7 Å². The molecule has 0 spiro atoms. The smallest absolute Gasteiger partial charge is 0.240 e. The van der Waals surface area contributed by atoms with Gasteiger partial charge in [0.2, 0.25) is 11.8 Å². The molecule has 0 aromatic carbocycles. The summed E-state index contributed by atoms with van der Waals surface area (Å²) in [6, 6.07) is 0.311. The largest absolute Gasteiger partial charge is 0.353 e. The Morgan fingerprint density at radius 1 is 1.22 bits per heavy atom. The molecule has 7 nitrogen and oxygen atoms in total. The van der Waals surface area contributed by atoms with Gasteiger partial charge in [-0.2, -0.15) is 4.98 Å². The maximum atomic E-state index is 12.3. The van der Waals surface area contributed by atoms with Gasteiger partial charge >= 0.3 is 0 Å². The molecule has 1 aromatic rings. The van der Waals surface area contributed by atoms with Gasteiger partial charge in [0.15, 0.2) is 5.82 Å². The summed E-state index contributed by atoms with van der Waals surface area (Å²) in [7, 11) is 0. The van der Waals surface area contributed by atoms with E-state index in [4.69, 9.17) is 10.3 Å². The second-order valence-corrected chi connectivity index (χ2v) is 6.70. The predicted octanol–water partition coefficient (Wildman–Crippen LogP) is 1.19. The Balaban J connectivity index is 1.40. The fourth-order valence-electron chi connectivity index (χ4n) is 3.56. The lowest BCUT2D eigenvalue weighted by atomic mass is 9.88. The Morgan fingerprint density at radius 2 is 1.96 bits per heavy atom. The van der Waals surface area contributed by atoms with E-state index in [1.165, 1.54) is 19.3 Å². The minimum atomic E-state index is 0.246. The third-order valence-electron chi connectivity index (χ3n) is 4.96. The number of hydrogen-bond donors (Lipinski definition) is 2. The number of rotatable bonds is 5. The molecular weight excluding hydrogens is 294 g/mol. The lowest BCUT2D eigenvalue weighted by Crippen LogP contribution is -2.46. The summed E-state index contributed by atoms with van der Waals surface area (Å²) in [6.45, 7) is 2.86. The number of amides is 1. The van der Waals surface area contributed by atoms with Crippen molar-refractivity contribution >= 4 is 5.91 Å². The first kappa shape index (κ1) is 16.4. The molecule has 1 amide bonds. The molecule has 1 saturated heterocycles. The number of aromatic nitrogens is 2. The topological polar surface area (TPSA) is 97.3 Å². The number of hydrogen-bond acceptors (Lipinski definition) is 6. The highest BCUT2D eigenvalue weighted by Crippen LogP contribution is 2.24. The van der Waals surface area contributed by atoms with Gasteiger partial charge in [-0.25, -0.2) is 0 Å². The van der Waals surface area contributed by atoms with E-state index in [1.807, 2.05) is 0 Å². The van der Waals surface area contributed by atoms with Gasteiger partial charge in [-0.15, -0.1) is 0 Å². The Kier molecular flexibility index (Phi) is 5.61. The third-order valence-corrected chi connectivity index (χ3v) is 4.96. The predicted molar refractivity (Wildman–Crippen MR) is 85.2 cm³/mol. The van der Waals surface area contributed by atoms with Crippen molar-refractivity contribution in [3.8, 4) is 0 Å². The molecule has 128 valence electrons. The SMILES string of the molecule is NCc1nc(CN2CCC(NC(=O)C3CCCCC3)CC2)no1. The molecule has 23 heavy (non-hydrogen) atoms. The summed E-state index contributed by atoms with van der Waals surface area (Å²) < 4.78 is 5.03. The van der Waals surface area contributed by atoms with Crippen LogP contribution in [0, 0.1) is 5.92 Å². The first-order valence-electron chi connectivity index (χ1n) is 8.79. The van der Waals surface area contributed by atoms with Crippen LogP contribution < -0.4 is 11.1 Å². The van der Waals surface area contributed by atoms with Gasteiger partial charge in [-0.3, -0.25) is 9.69 Å². The standard InChI is InChI=1S/C16H27N5O2/c17-10-15-19-14(20-23-15)11-21-8-6-13(7-9-21)18-16(22)12-4-2-1-3-5-12/h12-13H,1-11,17H2,(H,18,22). The number of nitrogens with one attached hydrogen (secondary N) is 1. The highest BCUT2D eigenvalue weighted by molar-refractivity contribution is 5.79. The number of likely N-dealkylation sites (tertiary alicyclic amines) is 1. The van der Waals surface area contributed by atoms with Gasteiger partial charge < -0.3 is 15.6 Å². The van der Waals surface area contributed by atoms with E-state index in [0.717, 1.165) is 38.8 Å². The van der Waals surface area contributed by atoms with Gasteiger partial charge in [0.25, 0.3) is 0 Å². The van der Waals surface area contributed by atoms with Gasteiger partial charge in [0, 0.05) is 25.0 Å². The van der Waals surface area contributed by atoms with E-state index in [1.54, 1.807) is 0 Å². The summed E-state index contributed by atoms with van der Waals surface area (Å²) >= 11 is 0. The number of nitrogens with zero attached hydrogens (tertiary/aromatic N) is 3. The van der Waals surface area contributed by atoms with Crippen molar-refractivity contribution < 1.29 is 9.32 Å². The van der Waals surface area contributed by atoms with Crippen molar-refractivity contribution in [1.29, 1.82) is 0 Å². The first-order chi connectivity index (χ1) is 11.2. The van der Waals surface area contributed by atoms with Crippen LogP contribution in [-0.4, -0.2) is 40.1 Å². The van der Waals surface area contributed by atoms with Crippen LogP contribution in [0.4, 0.5) is 0 Å². The number of carbonyl (C=O) groups is 1. The molecule has 1 aromatic heterocycles. The Hall–Kier alpha value is -1.47. The summed E-state index contributed by atoms with van der Waals surface area (Å²) in [4.78, 5) is 18.8. The molecule has 2 aliphatic rings. The quantitative estimate of drug-likeness (QED) is 0.845. The fraction of sp³-hybridized carbons (Fsp3) is 0.812. The lowest BCUT2D eigenvalue weighted by molar-refractivity contribution is -0.127. The molecule has 1 aliphatic carbocycles. The van der Waals surface area contributed by atoms with Crippen molar-refractivity contribution in [2.45, 2.75) is 64.1 Å². The summed E-state index contributed by atoms with van der Waals surface area (Å²) in [6.07, 6.45) is 7.78. The molecule has 1 saturated carbocycles. The number of carbonyl (C=O) groups excluding carboxylic acids is 1. The third kappa shape index (κ3) is 4.51. The van der Waals surface area contributed by atoms with Crippen molar-refractivity contribution in [3.05, 3.63) is 11.7 Å². The molecular formula is C16H27N5O2. The van der Waals surface area contributed by atoms with Crippen LogP contribution in [0.25, 0.3) is 0 Å². The van der Waals surface area contributed by atoms with E-state index < -0.39 is 0 Å². The van der Waals surface area contributed by atoms with Crippen molar-refractivity contribution in [1.82, 2.24) is 20.4 Å². The van der Waals surface area contributed by atoms with Gasteiger partial charge in [-0.05, 0) is 25.7 Å². The average molecular weight is 321 g/mol. The Bertz CT molecular complexity index is 504. The molecule has 0 bridgehead atoms. The minimum absolute atomic E-state index is 0.246. The van der Waals surface area contributed by atoms with Gasteiger partial charge in [0.05, 0.1) is 13.1 Å². The molecule has 1 aliphatic heterocycles. The second-order valence-electron chi connectivity index (χ2n) is 6.70. The van der Waals surface area contributed by atoms with Gasteiger partial charge in [-0.1, -0.05) is 24.4 Å². The van der Waals surface area contributed by atoms with Gasteiger partial charge in [0.1, 0.15) is 0 Å². The highest BCUT2D eigenvalue weighted by atomic mass is 16.5. The van der Waals surface area contributed by atoms with Crippen LogP contribution >= 0.6 is 0 Å². The summed E-state index contributed by atoms with van der Waals surface area (Å²) in [5, 5.41) is 7.19. The zero-order valence-corrected chi connectivity index (χ0v) is 13.7. The van der Waals surface area contributed by atoms with E-state index >= 15 is 0 Å². The average Bonchev–Trinajstić information content (AvgIpc) is 3.05. The van der Waals surface area contributed by atoms with Crippen LogP contribution in [0.1, 0.15) is 56.7 Å². The second kappa shape index (κ2) is 7.88. The molecule has 3 N–H and O–H groups in total. The molecule has 3 rings (SSSR count). The Morgan fingerprint density at radius 3 is 2.61 bits per heavy atom. The summed E-state index contributed by atoms with van der Waals surface area (Å²) in [5.41, 5.74) is 5.47. The number of nitrogens with two attached hydrogens (primary N) is 1. The van der Waals surface area contributed by atoms with Crippen LogP contribution in [-0.2, 0) is 17.9 Å². The van der Waals surface area contributed by atoms with Crippen LogP contribution in [0.2, 0.25) is 0 Å².